The molecule has 138 valence electrons. The molecule has 26 heavy (non-hydrogen) atoms. The van der Waals surface area contributed by atoms with Crippen LogP contribution in [0.15, 0.2) is 59.5 Å². The molecular formula is C18H19NO5S2. The van der Waals surface area contributed by atoms with E-state index in [1.54, 1.807) is 0 Å². The Morgan fingerprint density at radius 3 is 2.27 bits per heavy atom. The van der Waals surface area contributed by atoms with Crippen molar-refractivity contribution in [2.45, 2.75) is 17.9 Å². The van der Waals surface area contributed by atoms with Gasteiger partial charge in [-0.05, 0) is 43.3 Å². The summed E-state index contributed by atoms with van der Waals surface area (Å²) in [5.74, 6) is -0.720. The lowest BCUT2D eigenvalue weighted by Gasteiger charge is -2.13. The summed E-state index contributed by atoms with van der Waals surface area (Å²) >= 11 is 1.33. The largest absolute Gasteiger partial charge is 0.454 e. The van der Waals surface area contributed by atoms with Gasteiger partial charge < -0.3 is 4.74 Å². The summed E-state index contributed by atoms with van der Waals surface area (Å²) in [6.07, 6.45) is 0.119. The van der Waals surface area contributed by atoms with Gasteiger partial charge in [0.05, 0.1) is 12.0 Å². The first-order valence-corrected chi connectivity index (χ1v) is 10.6. The summed E-state index contributed by atoms with van der Waals surface area (Å²) < 4.78 is 29.8. The summed E-state index contributed by atoms with van der Waals surface area (Å²) in [5.41, 5.74) is 0.688. The second-order valence-electron chi connectivity index (χ2n) is 5.55. The van der Waals surface area contributed by atoms with Crippen LogP contribution in [0, 0.1) is 0 Å². The molecule has 0 heterocycles. The van der Waals surface area contributed by atoms with Crippen molar-refractivity contribution in [3.05, 3.63) is 60.2 Å². The Kier molecular flexibility index (Phi) is 6.82. The molecule has 0 spiro atoms. The number of sulfonamides is 1. The van der Waals surface area contributed by atoms with Crippen molar-refractivity contribution in [3.63, 3.8) is 0 Å². The van der Waals surface area contributed by atoms with Gasteiger partial charge in [-0.1, -0.05) is 18.2 Å². The van der Waals surface area contributed by atoms with Gasteiger partial charge >= 0.3 is 5.97 Å². The highest BCUT2D eigenvalue weighted by Crippen LogP contribution is 2.18. The number of nitrogens with one attached hydrogen (secondary N) is 1. The van der Waals surface area contributed by atoms with Crippen LogP contribution in [0.2, 0.25) is 0 Å². The zero-order chi connectivity index (χ0) is 19.2. The van der Waals surface area contributed by atoms with Gasteiger partial charge in [0.15, 0.2) is 6.10 Å². The van der Waals surface area contributed by atoms with Crippen LogP contribution in [0.1, 0.15) is 17.3 Å². The molecule has 6 nitrogen and oxygen atoms in total. The second kappa shape index (κ2) is 8.86. The van der Waals surface area contributed by atoms with Crippen LogP contribution in [0.3, 0.4) is 0 Å². The number of ether oxygens (including phenoxy) is 1. The molecule has 2 aromatic rings. The molecule has 0 aliphatic heterocycles. The maximum absolute atomic E-state index is 12.3. The Hall–Kier alpha value is -2.32. The first-order chi connectivity index (χ1) is 12.2. The fourth-order valence-electron chi connectivity index (χ4n) is 2.10. The fourth-order valence-corrected chi connectivity index (χ4v) is 3.36. The lowest BCUT2D eigenvalue weighted by molar-refractivity contribution is -0.143. The Morgan fingerprint density at radius 2 is 1.69 bits per heavy atom. The smallest absolute Gasteiger partial charge is 0.316 e. The number of hydrogen-bond donors (Lipinski definition) is 1. The number of benzene rings is 2. The highest BCUT2D eigenvalue weighted by atomic mass is 32.2. The predicted molar refractivity (Wildman–Crippen MR) is 102 cm³/mol. The van der Waals surface area contributed by atoms with Crippen molar-refractivity contribution in [1.29, 1.82) is 0 Å². The van der Waals surface area contributed by atoms with Gasteiger partial charge in [-0.25, -0.2) is 8.42 Å². The maximum Gasteiger partial charge on any atom is 0.316 e. The number of ketones is 1. The Balaban J connectivity index is 1.89. The van der Waals surface area contributed by atoms with E-state index in [-0.39, 0.29) is 11.5 Å². The predicted octanol–water partition coefficient (Wildman–Crippen LogP) is 2.96. The van der Waals surface area contributed by atoms with Crippen molar-refractivity contribution < 1.29 is 22.7 Å². The number of hydrogen-bond acceptors (Lipinski definition) is 6. The summed E-state index contributed by atoms with van der Waals surface area (Å²) in [6, 6.07) is 15.3. The molecule has 0 aliphatic carbocycles. The normalized spacial score (nSPS) is 12.2. The number of thioether (sulfide) groups is 1. The molecule has 0 amide bonds. The van der Waals surface area contributed by atoms with E-state index in [1.165, 1.54) is 43.0 Å². The summed E-state index contributed by atoms with van der Waals surface area (Å²) in [6.45, 7) is 1.51. The van der Waals surface area contributed by atoms with E-state index in [0.29, 0.717) is 11.3 Å². The minimum Gasteiger partial charge on any atom is -0.454 e. The quantitative estimate of drug-likeness (QED) is 0.421. The summed E-state index contributed by atoms with van der Waals surface area (Å²) in [4.78, 5) is 25.2. The lowest BCUT2D eigenvalue weighted by atomic mass is 10.1. The molecule has 1 N–H and O–H groups in total. The molecule has 0 aromatic heterocycles. The van der Waals surface area contributed by atoms with Crippen LogP contribution in [0.5, 0.6) is 0 Å². The van der Waals surface area contributed by atoms with Crippen LogP contribution >= 0.6 is 11.8 Å². The van der Waals surface area contributed by atoms with Crippen molar-refractivity contribution in [3.8, 4) is 0 Å². The highest BCUT2D eigenvalue weighted by molar-refractivity contribution is 8.00. The molecule has 0 bridgehead atoms. The molecule has 2 aromatic carbocycles. The Bertz CT molecular complexity index is 864. The van der Waals surface area contributed by atoms with E-state index in [2.05, 4.69) is 4.72 Å². The fraction of sp³-hybridized carbons (Fsp3) is 0.222. The van der Waals surface area contributed by atoms with Gasteiger partial charge in [0.25, 0.3) is 0 Å². The van der Waals surface area contributed by atoms with E-state index in [0.717, 1.165) is 11.2 Å². The number of carbonyl (C=O) groups excluding carboxylic acids is 2. The zero-order valence-corrected chi connectivity index (χ0v) is 16.0. The minimum absolute atomic E-state index is 0.110. The van der Waals surface area contributed by atoms with Gasteiger partial charge in [-0.2, -0.15) is 0 Å². The number of carbonyl (C=O) groups is 2. The molecule has 2 rings (SSSR count). The second-order valence-corrected chi connectivity index (χ2v) is 8.35. The van der Waals surface area contributed by atoms with Crippen LogP contribution in [0.25, 0.3) is 0 Å². The molecule has 0 radical (unpaired) electrons. The molecule has 0 fully saturated rings. The van der Waals surface area contributed by atoms with Gasteiger partial charge in [0, 0.05) is 16.1 Å². The highest BCUT2D eigenvalue weighted by Gasteiger charge is 2.19. The van der Waals surface area contributed by atoms with Gasteiger partial charge in [0.2, 0.25) is 15.8 Å². The SMILES string of the molecule is C[C@H](OC(=O)CSc1ccccc1)C(=O)c1ccc(NS(C)(=O)=O)cc1. The van der Waals surface area contributed by atoms with Crippen LogP contribution < -0.4 is 4.72 Å². The maximum atomic E-state index is 12.3. The van der Waals surface area contributed by atoms with Crippen molar-refractivity contribution >= 4 is 39.2 Å². The number of Topliss-reactive ketones (excluding diaryl/α,β-unsaturated/α-hetero) is 1. The Labute approximate surface area is 157 Å². The minimum atomic E-state index is -3.38. The average Bonchev–Trinajstić information content (AvgIpc) is 2.59. The van der Waals surface area contributed by atoms with Gasteiger partial charge in [-0.3, -0.25) is 14.3 Å². The van der Waals surface area contributed by atoms with Crippen LogP contribution in [0.4, 0.5) is 5.69 Å². The van der Waals surface area contributed by atoms with Crippen molar-refractivity contribution in [1.82, 2.24) is 0 Å². The van der Waals surface area contributed by atoms with E-state index >= 15 is 0 Å². The first-order valence-electron chi connectivity index (χ1n) is 7.74. The number of esters is 1. The molecule has 0 aliphatic rings. The van der Waals surface area contributed by atoms with Crippen LogP contribution in [-0.2, 0) is 19.6 Å². The average molecular weight is 393 g/mol. The molecule has 1 atom stereocenters. The monoisotopic (exact) mass is 393 g/mol. The standard InChI is InChI=1S/C18H19NO5S2/c1-13(24-17(20)12-25-16-6-4-3-5-7-16)18(21)14-8-10-15(11-9-14)19-26(2,22)23/h3-11,13,19H,12H2,1-2H3/t13-/m0/s1. The topological polar surface area (TPSA) is 89.5 Å². The summed E-state index contributed by atoms with van der Waals surface area (Å²) in [5, 5.41) is 0. The molecule has 0 saturated heterocycles. The van der Waals surface area contributed by atoms with E-state index < -0.39 is 22.1 Å². The van der Waals surface area contributed by atoms with Crippen LogP contribution in [-0.4, -0.2) is 38.3 Å². The number of anilines is 1. The van der Waals surface area contributed by atoms with E-state index in [4.69, 9.17) is 4.74 Å². The van der Waals surface area contributed by atoms with Crippen molar-refractivity contribution in [2.75, 3.05) is 16.7 Å². The zero-order valence-electron chi connectivity index (χ0n) is 14.3. The van der Waals surface area contributed by atoms with Crippen molar-refractivity contribution in [2.24, 2.45) is 0 Å². The third-order valence-corrected chi connectivity index (χ3v) is 4.84. The third-order valence-electron chi connectivity index (χ3n) is 3.25. The van der Waals surface area contributed by atoms with Gasteiger partial charge in [-0.15, -0.1) is 11.8 Å². The first kappa shape index (κ1) is 20.0. The molecule has 8 heteroatoms. The molecule has 0 saturated carbocycles. The summed E-state index contributed by atoms with van der Waals surface area (Å²) in [7, 11) is -3.38. The third kappa shape index (κ3) is 6.53. The molecule has 0 unspecified atom stereocenters. The van der Waals surface area contributed by atoms with E-state index in [1.807, 2.05) is 30.3 Å². The van der Waals surface area contributed by atoms with E-state index in [9.17, 15) is 18.0 Å². The Morgan fingerprint density at radius 1 is 1.08 bits per heavy atom. The molecular weight excluding hydrogens is 374 g/mol. The van der Waals surface area contributed by atoms with Gasteiger partial charge in [0.1, 0.15) is 0 Å². The lowest BCUT2D eigenvalue weighted by Crippen LogP contribution is -2.25. The number of rotatable bonds is 8.